The fourth-order valence-electron chi connectivity index (χ4n) is 3.66. The van der Waals surface area contributed by atoms with Crippen LogP contribution in [0.4, 0.5) is 4.39 Å². The lowest BCUT2D eigenvalue weighted by atomic mass is 10.0. The quantitative estimate of drug-likeness (QED) is 0.726. The van der Waals surface area contributed by atoms with Gasteiger partial charge in [-0.2, -0.15) is 0 Å². The van der Waals surface area contributed by atoms with Crippen molar-refractivity contribution in [1.29, 1.82) is 0 Å². The van der Waals surface area contributed by atoms with Gasteiger partial charge in [-0.3, -0.25) is 4.79 Å². The second kappa shape index (κ2) is 7.33. The molecule has 4 rings (SSSR count). The number of nitrogens with one attached hydrogen (secondary N) is 1. The summed E-state index contributed by atoms with van der Waals surface area (Å²) >= 11 is 0. The lowest BCUT2D eigenvalue weighted by Gasteiger charge is -2.12. The van der Waals surface area contributed by atoms with Gasteiger partial charge in [0, 0.05) is 18.2 Å². The minimum atomic E-state index is -0.421. The van der Waals surface area contributed by atoms with E-state index in [2.05, 4.69) is 29.6 Å². The number of rotatable bonds is 5. The van der Waals surface area contributed by atoms with Crippen molar-refractivity contribution in [3.8, 4) is 11.1 Å². The van der Waals surface area contributed by atoms with Gasteiger partial charge >= 0.3 is 0 Å². The van der Waals surface area contributed by atoms with Crippen molar-refractivity contribution in [2.75, 3.05) is 0 Å². The number of carbonyl (C=O) groups is 1. The number of primary amides is 1. The maximum atomic E-state index is 13.3. The Morgan fingerprint density at radius 3 is 2.52 bits per heavy atom. The molecule has 1 amide bonds. The second-order valence-corrected chi connectivity index (χ2v) is 7.04. The van der Waals surface area contributed by atoms with E-state index < -0.39 is 5.91 Å². The van der Waals surface area contributed by atoms with Gasteiger partial charge in [-0.15, -0.1) is 0 Å². The molecule has 1 aliphatic rings. The maximum Gasteiger partial charge on any atom is 0.248 e. The van der Waals surface area contributed by atoms with Gasteiger partial charge in [-0.25, -0.2) is 4.39 Å². The highest BCUT2D eigenvalue weighted by Gasteiger charge is 2.21. The van der Waals surface area contributed by atoms with E-state index >= 15 is 0 Å². The van der Waals surface area contributed by atoms with E-state index in [1.54, 1.807) is 12.1 Å². The summed E-state index contributed by atoms with van der Waals surface area (Å²) in [5.74, 6) is -0.583. The first-order valence-electron chi connectivity index (χ1n) is 9.08. The smallest absolute Gasteiger partial charge is 0.248 e. The predicted octanol–water partition coefficient (Wildman–Crippen LogP) is 3.85. The number of hydrogen-bond acceptors (Lipinski definition) is 2. The summed E-state index contributed by atoms with van der Waals surface area (Å²) in [6.07, 6.45) is 1.80. The zero-order valence-electron chi connectivity index (χ0n) is 14.9. The molecule has 0 bridgehead atoms. The third-order valence-electron chi connectivity index (χ3n) is 5.13. The number of amides is 1. The molecule has 0 aromatic heterocycles. The second-order valence-electron chi connectivity index (χ2n) is 7.04. The molecule has 136 valence electrons. The van der Waals surface area contributed by atoms with Crippen LogP contribution in [0.1, 0.15) is 27.0 Å². The van der Waals surface area contributed by atoms with E-state index in [4.69, 9.17) is 5.73 Å². The molecule has 0 aliphatic heterocycles. The van der Waals surface area contributed by atoms with E-state index in [1.807, 2.05) is 24.3 Å². The average molecular weight is 360 g/mol. The number of hydrogen-bond donors (Lipinski definition) is 2. The van der Waals surface area contributed by atoms with Crippen molar-refractivity contribution in [2.45, 2.75) is 25.4 Å². The van der Waals surface area contributed by atoms with Gasteiger partial charge in [-0.1, -0.05) is 42.5 Å². The van der Waals surface area contributed by atoms with E-state index in [9.17, 15) is 9.18 Å². The number of fused-ring (bicyclic) bond motifs is 1. The van der Waals surface area contributed by atoms with Crippen molar-refractivity contribution >= 4 is 5.91 Å². The highest BCUT2D eigenvalue weighted by molar-refractivity contribution is 5.94. The van der Waals surface area contributed by atoms with Crippen LogP contribution in [0.15, 0.2) is 66.7 Å². The van der Waals surface area contributed by atoms with Crippen LogP contribution in [-0.4, -0.2) is 11.9 Å². The largest absolute Gasteiger partial charge is 0.366 e. The van der Waals surface area contributed by atoms with Crippen LogP contribution < -0.4 is 11.1 Å². The molecule has 1 aliphatic carbocycles. The van der Waals surface area contributed by atoms with Crippen molar-refractivity contribution in [2.24, 2.45) is 5.73 Å². The highest BCUT2D eigenvalue weighted by Crippen LogP contribution is 2.24. The van der Waals surface area contributed by atoms with Crippen molar-refractivity contribution in [3.05, 3.63) is 94.8 Å². The Hall–Kier alpha value is -2.98. The van der Waals surface area contributed by atoms with Crippen molar-refractivity contribution in [3.63, 3.8) is 0 Å². The summed E-state index contributed by atoms with van der Waals surface area (Å²) in [6.45, 7) is 0.767. The normalized spacial score (nSPS) is 15.5. The lowest BCUT2D eigenvalue weighted by molar-refractivity contribution is 0.100. The first-order chi connectivity index (χ1) is 13.1. The predicted molar refractivity (Wildman–Crippen MR) is 105 cm³/mol. The summed E-state index contributed by atoms with van der Waals surface area (Å²) in [6, 6.07) is 21.0. The topological polar surface area (TPSA) is 55.1 Å². The third kappa shape index (κ3) is 3.91. The molecule has 0 heterocycles. The molecule has 0 fully saturated rings. The van der Waals surface area contributed by atoms with E-state index in [1.165, 1.54) is 17.2 Å². The molecule has 3 N–H and O–H groups in total. The zero-order valence-corrected chi connectivity index (χ0v) is 14.9. The SMILES string of the molecule is NC(=O)c1cccc(-c2ccc(CNC3Cc4ccc(F)cc4C3)cc2)c1. The Balaban J connectivity index is 1.39. The summed E-state index contributed by atoms with van der Waals surface area (Å²) in [5.41, 5.74) is 11.4. The molecule has 27 heavy (non-hydrogen) atoms. The first-order valence-corrected chi connectivity index (χ1v) is 9.08. The Kier molecular flexibility index (Phi) is 4.73. The molecule has 1 atom stereocenters. The Morgan fingerprint density at radius 2 is 1.74 bits per heavy atom. The molecule has 0 saturated heterocycles. The van der Waals surface area contributed by atoms with Crippen LogP contribution in [-0.2, 0) is 19.4 Å². The zero-order chi connectivity index (χ0) is 18.8. The molecular weight excluding hydrogens is 339 g/mol. The lowest BCUT2D eigenvalue weighted by Crippen LogP contribution is -2.28. The van der Waals surface area contributed by atoms with Gasteiger partial charge in [0.25, 0.3) is 0 Å². The highest BCUT2D eigenvalue weighted by atomic mass is 19.1. The van der Waals surface area contributed by atoms with Gasteiger partial charge in [0.1, 0.15) is 5.82 Å². The number of halogens is 1. The van der Waals surface area contributed by atoms with Gasteiger partial charge in [-0.05, 0) is 64.9 Å². The summed E-state index contributed by atoms with van der Waals surface area (Å²) in [7, 11) is 0. The average Bonchev–Trinajstić information content (AvgIpc) is 3.09. The van der Waals surface area contributed by atoms with Crippen molar-refractivity contribution < 1.29 is 9.18 Å². The number of carbonyl (C=O) groups excluding carboxylic acids is 1. The summed E-state index contributed by atoms with van der Waals surface area (Å²) < 4.78 is 13.3. The first kappa shape index (κ1) is 17.4. The van der Waals surface area contributed by atoms with Gasteiger partial charge < -0.3 is 11.1 Å². The minimum absolute atomic E-state index is 0.162. The Labute approximate surface area is 158 Å². The van der Waals surface area contributed by atoms with Crippen LogP contribution in [0.5, 0.6) is 0 Å². The Morgan fingerprint density at radius 1 is 0.963 bits per heavy atom. The maximum absolute atomic E-state index is 13.3. The molecule has 0 radical (unpaired) electrons. The van der Waals surface area contributed by atoms with E-state index in [0.717, 1.165) is 36.1 Å². The fraction of sp³-hybridized carbons (Fsp3) is 0.174. The molecule has 3 aromatic rings. The number of benzene rings is 3. The van der Waals surface area contributed by atoms with Crippen LogP contribution in [0.25, 0.3) is 11.1 Å². The van der Waals surface area contributed by atoms with Crippen LogP contribution in [0.3, 0.4) is 0 Å². The van der Waals surface area contributed by atoms with Gasteiger partial charge in [0.15, 0.2) is 0 Å². The Bertz CT molecular complexity index is 982. The third-order valence-corrected chi connectivity index (χ3v) is 5.13. The molecule has 0 spiro atoms. The fourth-order valence-corrected chi connectivity index (χ4v) is 3.66. The van der Waals surface area contributed by atoms with E-state index in [0.29, 0.717) is 11.6 Å². The molecule has 3 aromatic carbocycles. The van der Waals surface area contributed by atoms with Gasteiger partial charge in [0.05, 0.1) is 0 Å². The standard InChI is InChI=1S/C23H21FN2O/c24-21-9-8-18-12-22(13-20(18)11-21)26-14-15-4-6-16(7-5-15)17-2-1-3-19(10-17)23(25)27/h1-11,22,26H,12-14H2,(H2,25,27). The molecule has 4 heteroatoms. The molecule has 0 saturated carbocycles. The molecular formula is C23H21FN2O. The van der Waals surface area contributed by atoms with Crippen LogP contribution in [0, 0.1) is 5.82 Å². The molecule has 3 nitrogen and oxygen atoms in total. The van der Waals surface area contributed by atoms with Gasteiger partial charge in [0.2, 0.25) is 5.91 Å². The summed E-state index contributed by atoms with van der Waals surface area (Å²) in [5, 5.41) is 3.56. The molecule has 1 unspecified atom stereocenters. The number of nitrogens with two attached hydrogens (primary N) is 1. The monoisotopic (exact) mass is 360 g/mol. The van der Waals surface area contributed by atoms with E-state index in [-0.39, 0.29) is 5.82 Å². The van der Waals surface area contributed by atoms with Crippen LogP contribution in [0.2, 0.25) is 0 Å². The summed E-state index contributed by atoms with van der Waals surface area (Å²) in [4.78, 5) is 11.3. The van der Waals surface area contributed by atoms with Crippen molar-refractivity contribution in [1.82, 2.24) is 5.32 Å². The minimum Gasteiger partial charge on any atom is -0.366 e. The van der Waals surface area contributed by atoms with Crippen LogP contribution >= 0.6 is 0 Å².